The van der Waals surface area contributed by atoms with E-state index in [-0.39, 0.29) is 23.8 Å². The number of aryl methyl sites for hydroxylation is 2. The second-order valence-electron chi connectivity index (χ2n) is 8.70. The number of amides is 1. The van der Waals surface area contributed by atoms with Crippen molar-refractivity contribution in [1.82, 2.24) is 19.8 Å². The van der Waals surface area contributed by atoms with Gasteiger partial charge >= 0.3 is 0 Å². The van der Waals surface area contributed by atoms with Crippen LogP contribution in [0.4, 0.5) is 0 Å². The highest BCUT2D eigenvalue weighted by molar-refractivity contribution is 7.99. The Labute approximate surface area is 193 Å². The third-order valence-electron chi connectivity index (χ3n) is 5.11. The molecule has 1 heterocycles. The summed E-state index contributed by atoms with van der Waals surface area (Å²) in [6.45, 7) is 10.9. The quantitative estimate of drug-likeness (QED) is 0.408. The number of para-hydroxylation sites is 1. The molecular weight excluding hydrogens is 422 g/mol. The van der Waals surface area contributed by atoms with Crippen molar-refractivity contribution < 1.29 is 9.53 Å². The number of hydrogen-bond donors (Lipinski definition) is 1. The Morgan fingerprint density at radius 1 is 1.06 bits per heavy atom. The highest BCUT2D eigenvalue weighted by atomic mass is 32.2. The maximum absolute atomic E-state index is 13.1. The second kappa shape index (κ2) is 10.1. The Kier molecular flexibility index (Phi) is 7.45. The van der Waals surface area contributed by atoms with E-state index in [4.69, 9.17) is 10.6 Å². The van der Waals surface area contributed by atoms with E-state index in [1.165, 1.54) is 16.4 Å². The molecule has 0 bridgehead atoms. The lowest BCUT2D eigenvalue weighted by molar-refractivity contribution is -0.133. The fourth-order valence-corrected chi connectivity index (χ4v) is 4.09. The van der Waals surface area contributed by atoms with Gasteiger partial charge in [0.15, 0.2) is 5.82 Å². The molecule has 0 spiro atoms. The van der Waals surface area contributed by atoms with Gasteiger partial charge in [0, 0.05) is 12.1 Å². The monoisotopic (exact) mass is 453 g/mol. The van der Waals surface area contributed by atoms with E-state index in [0.717, 1.165) is 22.4 Å². The third kappa shape index (κ3) is 5.82. The average molecular weight is 454 g/mol. The van der Waals surface area contributed by atoms with E-state index in [9.17, 15) is 4.79 Å². The van der Waals surface area contributed by atoms with E-state index in [2.05, 4.69) is 10.2 Å². The van der Waals surface area contributed by atoms with Crippen LogP contribution in [0.2, 0.25) is 0 Å². The number of nitrogens with zero attached hydrogens (tertiary/aromatic N) is 4. The first kappa shape index (κ1) is 23.7. The smallest absolute Gasteiger partial charge is 0.233 e. The number of carbonyl (C=O) groups is 1. The Bertz CT molecular complexity index is 1040. The van der Waals surface area contributed by atoms with Crippen molar-refractivity contribution in [3.63, 3.8) is 0 Å². The number of nitrogens with two attached hydrogens (primary N) is 1. The predicted octanol–water partition coefficient (Wildman–Crippen LogP) is 4.11. The van der Waals surface area contributed by atoms with Crippen LogP contribution in [0, 0.1) is 13.8 Å². The molecular formula is C24H31N5O2S. The van der Waals surface area contributed by atoms with Gasteiger partial charge in [0.25, 0.3) is 0 Å². The van der Waals surface area contributed by atoms with E-state index in [1.54, 1.807) is 0 Å². The lowest BCUT2D eigenvalue weighted by Crippen LogP contribution is -2.46. The molecule has 3 aromatic rings. The largest absolute Gasteiger partial charge is 0.485 e. The van der Waals surface area contributed by atoms with E-state index < -0.39 is 0 Å². The normalized spacial score (nSPS) is 11.4. The molecule has 0 aliphatic rings. The van der Waals surface area contributed by atoms with Crippen molar-refractivity contribution >= 4 is 17.7 Å². The summed E-state index contributed by atoms with van der Waals surface area (Å²) in [4.78, 5) is 14.9. The van der Waals surface area contributed by atoms with Gasteiger partial charge in [-0.25, -0.2) is 4.68 Å². The molecule has 0 aliphatic heterocycles. The zero-order chi connectivity index (χ0) is 23.3. The van der Waals surface area contributed by atoms with Crippen LogP contribution in [-0.2, 0) is 17.9 Å². The highest BCUT2D eigenvalue weighted by Gasteiger charge is 2.27. The molecule has 0 radical (unpaired) electrons. The van der Waals surface area contributed by atoms with Crippen molar-refractivity contribution in [2.24, 2.45) is 0 Å². The molecule has 0 fully saturated rings. The molecule has 8 heteroatoms. The van der Waals surface area contributed by atoms with Crippen LogP contribution >= 0.6 is 11.8 Å². The summed E-state index contributed by atoms with van der Waals surface area (Å²) >= 11 is 1.28. The minimum absolute atomic E-state index is 0.0164. The van der Waals surface area contributed by atoms with Gasteiger partial charge in [-0.05, 0) is 51.3 Å². The molecule has 2 aromatic carbocycles. The fourth-order valence-electron chi connectivity index (χ4n) is 3.34. The molecule has 0 atom stereocenters. The van der Waals surface area contributed by atoms with Crippen LogP contribution in [0.3, 0.4) is 0 Å². The average Bonchev–Trinajstić information content (AvgIpc) is 3.09. The number of hydrogen-bond acceptors (Lipinski definition) is 6. The lowest BCUT2D eigenvalue weighted by atomic mass is 10.0. The number of benzene rings is 2. The van der Waals surface area contributed by atoms with Crippen molar-refractivity contribution in [1.29, 1.82) is 0 Å². The van der Waals surface area contributed by atoms with Gasteiger partial charge in [0.05, 0.1) is 5.75 Å². The number of thioether (sulfide) groups is 1. The van der Waals surface area contributed by atoms with E-state index in [1.807, 2.05) is 88.0 Å². The highest BCUT2D eigenvalue weighted by Crippen LogP contribution is 2.24. The van der Waals surface area contributed by atoms with Gasteiger partial charge in [-0.15, -0.1) is 10.2 Å². The fraction of sp³-hybridized carbons (Fsp3) is 0.375. The molecule has 0 saturated carbocycles. The van der Waals surface area contributed by atoms with Crippen molar-refractivity contribution in [3.8, 4) is 5.75 Å². The minimum Gasteiger partial charge on any atom is -0.485 e. The molecule has 0 aliphatic carbocycles. The van der Waals surface area contributed by atoms with Crippen LogP contribution < -0.4 is 10.6 Å². The summed E-state index contributed by atoms with van der Waals surface area (Å²) in [6.07, 6.45) is 0. The van der Waals surface area contributed by atoms with Crippen LogP contribution in [0.1, 0.15) is 43.3 Å². The van der Waals surface area contributed by atoms with Crippen molar-refractivity contribution in [3.05, 3.63) is 71.0 Å². The molecule has 2 N–H and O–H groups in total. The van der Waals surface area contributed by atoms with Crippen LogP contribution in [0.5, 0.6) is 5.75 Å². The summed E-state index contributed by atoms with van der Waals surface area (Å²) < 4.78 is 7.33. The topological polar surface area (TPSA) is 86.3 Å². The van der Waals surface area contributed by atoms with Gasteiger partial charge < -0.3 is 15.5 Å². The SMILES string of the molecule is Cc1cccc(C)c1OCc1nnc(SCC(=O)N(Cc2ccccc2)C(C)(C)C)n1N. The van der Waals surface area contributed by atoms with Crippen molar-refractivity contribution in [2.45, 2.75) is 58.5 Å². The zero-order valence-electron chi connectivity index (χ0n) is 19.3. The molecule has 170 valence electrons. The van der Waals surface area contributed by atoms with Gasteiger partial charge in [-0.2, -0.15) is 0 Å². The van der Waals surface area contributed by atoms with Gasteiger partial charge in [0.1, 0.15) is 12.4 Å². The van der Waals surface area contributed by atoms with Crippen molar-refractivity contribution in [2.75, 3.05) is 11.6 Å². The Balaban J connectivity index is 1.63. The maximum atomic E-state index is 13.1. The standard InChI is InChI=1S/C24H31N5O2S/c1-17-10-9-11-18(2)22(17)31-15-20-26-27-23(29(20)25)32-16-21(30)28(24(3,4)5)14-19-12-7-6-8-13-19/h6-13H,14-16,25H2,1-5H3. The van der Waals surface area contributed by atoms with Crippen LogP contribution in [0.25, 0.3) is 0 Å². The van der Waals surface area contributed by atoms with Crippen LogP contribution in [0.15, 0.2) is 53.7 Å². The third-order valence-corrected chi connectivity index (χ3v) is 6.04. The summed E-state index contributed by atoms with van der Waals surface area (Å²) in [5.74, 6) is 7.74. The van der Waals surface area contributed by atoms with E-state index >= 15 is 0 Å². The molecule has 1 amide bonds. The minimum atomic E-state index is -0.311. The first-order chi connectivity index (χ1) is 15.2. The molecule has 7 nitrogen and oxygen atoms in total. The first-order valence-electron chi connectivity index (χ1n) is 10.5. The molecule has 32 heavy (non-hydrogen) atoms. The predicted molar refractivity (Wildman–Crippen MR) is 128 cm³/mol. The summed E-state index contributed by atoms with van der Waals surface area (Å²) in [5, 5.41) is 8.78. The number of nitrogen functional groups attached to an aromatic ring is 1. The summed E-state index contributed by atoms with van der Waals surface area (Å²) in [6, 6.07) is 16.0. The number of ether oxygens (including phenoxy) is 1. The maximum Gasteiger partial charge on any atom is 0.233 e. The molecule has 0 unspecified atom stereocenters. The zero-order valence-corrected chi connectivity index (χ0v) is 20.1. The lowest BCUT2D eigenvalue weighted by Gasteiger charge is -2.36. The Morgan fingerprint density at radius 3 is 2.34 bits per heavy atom. The first-order valence-corrected chi connectivity index (χ1v) is 11.5. The second-order valence-corrected chi connectivity index (χ2v) is 9.65. The summed E-state index contributed by atoms with van der Waals surface area (Å²) in [5.41, 5.74) is 2.88. The van der Waals surface area contributed by atoms with Gasteiger partial charge in [-0.1, -0.05) is 60.3 Å². The molecule has 0 saturated heterocycles. The van der Waals surface area contributed by atoms with Crippen LogP contribution in [-0.4, -0.2) is 37.0 Å². The number of aromatic nitrogens is 3. The number of carbonyl (C=O) groups excluding carboxylic acids is 1. The Hall–Kier alpha value is -3.00. The van der Waals surface area contributed by atoms with Gasteiger partial charge in [0.2, 0.25) is 11.1 Å². The van der Waals surface area contributed by atoms with Gasteiger partial charge in [-0.3, -0.25) is 4.79 Å². The number of rotatable bonds is 8. The van der Waals surface area contributed by atoms with E-state index in [0.29, 0.717) is 17.5 Å². The Morgan fingerprint density at radius 2 is 1.72 bits per heavy atom. The molecule has 1 aromatic heterocycles. The summed E-state index contributed by atoms with van der Waals surface area (Å²) in [7, 11) is 0. The molecule has 3 rings (SSSR count).